The summed E-state index contributed by atoms with van der Waals surface area (Å²) in [6.45, 7) is 9.55. The minimum Gasteiger partial charge on any atom is -0.371 e. The summed E-state index contributed by atoms with van der Waals surface area (Å²) in [5, 5.41) is 4.06. The van der Waals surface area contributed by atoms with Crippen LogP contribution in [-0.4, -0.2) is 41.2 Å². The summed E-state index contributed by atoms with van der Waals surface area (Å²) >= 11 is 0. The molecule has 2 saturated heterocycles. The van der Waals surface area contributed by atoms with Crippen molar-refractivity contribution in [2.75, 3.05) is 31.1 Å². The molecule has 2 aromatic rings. The van der Waals surface area contributed by atoms with Gasteiger partial charge in [-0.05, 0) is 24.0 Å². The van der Waals surface area contributed by atoms with Gasteiger partial charge in [0.1, 0.15) is 0 Å². The second-order valence-corrected chi connectivity index (χ2v) is 7.16. The lowest BCUT2D eigenvalue weighted by Crippen LogP contribution is -2.28. The van der Waals surface area contributed by atoms with Gasteiger partial charge in [0.2, 0.25) is 5.89 Å². The minimum atomic E-state index is 0.324. The maximum atomic E-state index is 5.39. The number of hydrogen-bond donors (Lipinski definition) is 0. The Morgan fingerprint density at radius 3 is 2.39 bits per heavy atom. The van der Waals surface area contributed by atoms with Gasteiger partial charge in [-0.25, -0.2) is 0 Å². The standard InChI is InChI=1S/C18H24N4O/c1-13(2)18-19-17(23-20-18)12-21-8-14-10-22(11-15(14)9-21)16-6-4-3-5-7-16/h3-7,13-15H,8-12H2,1-2H3. The molecule has 2 unspecified atom stereocenters. The molecular formula is C18H24N4O. The third-order valence-corrected chi connectivity index (χ3v) is 5.04. The van der Waals surface area contributed by atoms with Crippen LogP contribution >= 0.6 is 0 Å². The average Bonchev–Trinajstić information content (AvgIpc) is 3.23. The van der Waals surface area contributed by atoms with Gasteiger partial charge in [-0.2, -0.15) is 4.98 Å². The minimum absolute atomic E-state index is 0.324. The van der Waals surface area contributed by atoms with Gasteiger partial charge in [-0.3, -0.25) is 4.90 Å². The number of benzene rings is 1. The maximum absolute atomic E-state index is 5.39. The van der Waals surface area contributed by atoms with Gasteiger partial charge in [0.25, 0.3) is 0 Å². The molecule has 1 aromatic heterocycles. The molecule has 0 amide bonds. The van der Waals surface area contributed by atoms with Crippen molar-refractivity contribution < 1.29 is 4.52 Å². The van der Waals surface area contributed by atoms with E-state index in [-0.39, 0.29) is 0 Å². The lowest BCUT2D eigenvalue weighted by atomic mass is 10.0. The summed E-state index contributed by atoms with van der Waals surface area (Å²) < 4.78 is 5.39. The van der Waals surface area contributed by atoms with E-state index in [0.29, 0.717) is 5.92 Å². The molecule has 2 aliphatic rings. The molecule has 5 nitrogen and oxygen atoms in total. The van der Waals surface area contributed by atoms with Gasteiger partial charge in [0.15, 0.2) is 5.82 Å². The summed E-state index contributed by atoms with van der Waals surface area (Å²) in [6, 6.07) is 10.8. The highest BCUT2D eigenvalue weighted by molar-refractivity contribution is 5.47. The van der Waals surface area contributed by atoms with E-state index in [4.69, 9.17) is 4.52 Å². The lowest BCUT2D eigenvalue weighted by Gasteiger charge is -2.22. The molecule has 5 heteroatoms. The molecule has 1 aromatic carbocycles. The van der Waals surface area contributed by atoms with Gasteiger partial charge in [0, 0.05) is 37.8 Å². The molecule has 23 heavy (non-hydrogen) atoms. The quantitative estimate of drug-likeness (QED) is 0.868. The van der Waals surface area contributed by atoms with Crippen LogP contribution in [0, 0.1) is 11.8 Å². The molecule has 3 heterocycles. The smallest absolute Gasteiger partial charge is 0.240 e. The van der Waals surface area contributed by atoms with E-state index in [2.05, 4.69) is 64.1 Å². The number of nitrogens with zero attached hydrogens (tertiary/aromatic N) is 4. The fraction of sp³-hybridized carbons (Fsp3) is 0.556. The van der Waals surface area contributed by atoms with Crippen LogP contribution in [0.5, 0.6) is 0 Å². The summed E-state index contributed by atoms with van der Waals surface area (Å²) in [4.78, 5) is 9.49. The molecule has 2 fully saturated rings. The van der Waals surface area contributed by atoms with E-state index in [1.807, 2.05) is 0 Å². The van der Waals surface area contributed by atoms with E-state index in [1.54, 1.807) is 0 Å². The molecule has 0 bridgehead atoms. The van der Waals surface area contributed by atoms with Gasteiger partial charge in [-0.1, -0.05) is 37.2 Å². The Kier molecular flexibility index (Phi) is 3.81. The molecule has 4 rings (SSSR count). The van der Waals surface area contributed by atoms with Crippen LogP contribution in [0.15, 0.2) is 34.9 Å². The van der Waals surface area contributed by atoms with Crippen molar-refractivity contribution in [2.45, 2.75) is 26.3 Å². The zero-order valence-electron chi connectivity index (χ0n) is 13.9. The number of fused-ring (bicyclic) bond motifs is 1. The first-order chi connectivity index (χ1) is 11.2. The summed E-state index contributed by atoms with van der Waals surface area (Å²) in [5.74, 6) is 3.40. The van der Waals surface area contributed by atoms with Crippen molar-refractivity contribution in [3.05, 3.63) is 42.0 Å². The van der Waals surface area contributed by atoms with Gasteiger partial charge < -0.3 is 9.42 Å². The van der Waals surface area contributed by atoms with Crippen LogP contribution in [0.2, 0.25) is 0 Å². The Bertz CT molecular complexity index is 640. The maximum Gasteiger partial charge on any atom is 0.240 e. The lowest BCUT2D eigenvalue weighted by molar-refractivity contribution is 0.255. The van der Waals surface area contributed by atoms with Crippen LogP contribution in [0.4, 0.5) is 5.69 Å². The third kappa shape index (κ3) is 2.98. The summed E-state index contributed by atoms with van der Waals surface area (Å²) in [6.07, 6.45) is 0. The number of likely N-dealkylation sites (tertiary alicyclic amines) is 1. The van der Waals surface area contributed by atoms with Gasteiger partial charge in [0.05, 0.1) is 6.54 Å². The van der Waals surface area contributed by atoms with Crippen LogP contribution < -0.4 is 4.90 Å². The Morgan fingerprint density at radius 2 is 1.78 bits per heavy atom. The first-order valence-corrected chi connectivity index (χ1v) is 8.54. The highest BCUT2D eigenvalue weighted by atomic mass is 16.5. The predicted octanol–water partition coefficient (Wildman–Crippen LogP) is 2.76. The summed E-state index contributed by atoms with van der Waals surface area (Å²) in [7, 11) is 0. The monoisotopic (exact) mass is 312 g/mol. The highest BCUT2D eigenvalue weighted by Crippen LogP contribution is 2.34. The van der Waals surface area contributed by atoms with Crippen LogP contribution in [0.3, 0.4) is 0 Å². The van der Waals surface area contributed by atoms with E-state index < -0.39 is 0 Å². The molecule has 0 N–H and O–H groups in total. The zero-order valence-corrected chi connectivity index (χ0v) is 13.9. The average molecular weight is 312 g/mol. The first-order valence-electron chi connectivity index (χ1n) is 8.54. The van der Waals surface area contributed by atoms with E-state index in [0.717, 1.165) is 56.3 Å². The van der Waals surface area contributed by atoms with Crippen molar-refractivity contribution in [2.24, 2.45) is 11.8 Å². The molecule has 0 spiro atoms. The predicted molar refractivity (Wildman–Crippen MR) is 89.3 cm³/mol. The molecule has 0 saturated carbocycles. The van der Waals surface area contributed by atoms with Crippen molar-refractivity contribution in [1.82, 2.24) is 15.0 Å². The largest absolute Gasteiger partial charge is 0.371 e. The number of rotatable bonds is 4. The fourth-order valence-corrected chi connectivity index (χ4v) is 3.83. The second kappa shape index (κ2) is 5.96. The van der Waals surface area contributed by atoms with Crippen LogP contribution in [-0.2, 0) is 6.54 Å². The third-order valence-electron chi connectivity index (χ3n) is 5.04. The normalized spacial score (nSPS) is 24.6. The van der Waals surface area contributed by atoms with Crippen LogP contribution in [0.25, 0.3) is 0 Å². The molecule has 0 radical (unpaired) electrons. The van der Waals surface area contributed by atoms with E-state index in [1.165, 1.54) is 5.69 Å². The van der Waals surface area contributed by atoms with Crippen molar-refractivity contribution >= 4 is 5.69 Å². The molecule has 2 atom stereocenters. The number of hydrogen-bond acceptors (Lipinski definition) is 5. The molecule has 0 aliphatic carbocycles. The topological polar surface area (TPSA) is 45.4 Å². The molecular weight excluding hydrogens is 288 g/mol. The highest BCUT2D eigenvalue weighted by Gasteiger charge is 2.40. The van der Waals surface area contributed by atoms with E-state index >= 15 is 0 Å². The molecule has 122 valence electrons. The van der Waals surface area contributed by atoms with Crippen molar-refractivity contribution in [3.8, 4) is 0 Å². The van der Waals surface area contributed by atoms with Crippen molar-refractivity contribution in [3.63, 3.8) is 0 Å². The van der Waals surface area contributed by atoms with E-state index in [9.17, 15) is 0 Å². The van der Waals surface area contributed by atoms with Crippen LogP contribution in [0.1, 0.15) is 31.5 Å². The Balaban J connectivity index is 1.35. The SMILES string of the molecule is CC(C)c1noc(CN2CC3CN(c4ccccc4)CC3C2)n1. The zero-order chi connectivity index (χ0) is 15.8. The van der Waals surface area contributed by atoms with Gasteiger partial charge in [-0.15, -0.1) is 0 Å². The number of aromatic nitrogens is 2. The fourth-order valence-electron chi connectivity index (χ4n) is 3.83. The summed E-state index contributed by atoms with van der Waals surface area (Å²) in [5.41, 5.74) is 1.35. The number of anilines is 1. The Hall–Kier alpha value is -1.88. The Labute approximate surface area is 137 Å². The molecule has 2 aliphatic heterocycles. The Morgan fingerprint density at radius 1 is 1.09 bits per heavy atom. The van der Waals surface area contributed by atoms with Gasteiger partial charge >= 0.3 is 0 Å². The second-order valence-electron chi connectivity index (χ2n) is 7.16. The van der Waals surface area contributed by atoms with Crippen molar-refractivity contribution in [1.29, 1.82) is 0 Å². The first kappa shape index (κ1) is 14.7. The number of para-hydroxylation sites is 1.